The lowest BCUT2D eigenvalue weighted by Gasteiger charge is -2.30. The summed E-state index contributed by atoms with van der Waals surface area (Å²) in [4.78, 5) is 12.4. The zero-order valence-corrected chi connectivity index (χ0v) is 13.8. The maximum absolute atomic E-state index is 12.4. The van der Waals surface area contributed by atoms with E-state index < -0.39 is 0 Å². The molecule has 0 radical (unpaired) electrons. The highest BCUT2D eigenvalue weighted by Crippen LogP contribution is 2.27. The molecule has 2 atom stereocenters. The molecule has 1 aromatic carbocycles. The van der Waals surface area contributed by atoms with Crippen LogP contribution >= 0.6 is 11.8 Å². The highest BCUT2D eigenvalue weighted by molar-refractivity contribution is 7.99. The second-order valence-corrected chi connectivity index (χ2v) is 6.72. The average Bonchev–Trinajstić information content (AvgIpc) is 2.54. The third-order valence-corrected chi connectivity index (χ3v) is 5.22. The van der Waals surface area contributed by atoms with Crippen molar-refractivity contribution in [1.29, 1.82) is 0 Å². The Morgan fingerprint density at radius 1 is 1.24 bits per heavy atom. The predicted octanol–water partition coefficient (Wildman–Crippen LogP) is 3.91. The highest BCUT2D eigenvalue weighted by Gasteiger charge is 2.25. The molecule has 0 spiro atoms. The van der Waals surface area contributed by atoms with Crippen LogP contribution in [0.5, 0.6) is 0 Å². The van der Waals surface area contributed by atoms with Gasteiger partial charge in [0.25, 0.3) is 5.91 Å². The molecule has 1 saturated carbocycles. The van der Waals surface area contributed by atoms with E-state index in [1.165, 1.54) is 19.3 Å². The van der Waals surface area contributed by atoms with E-state index in [0.29, 0.717) is 11.3 Å². The van der Waals surface area contributed by atoms with Gasteiger partial charge in [-0.2, -0.15) is 11.8 Å². The van der Waals surface area contributed by atoms with Crippen molar-refractivity contribution < 1.29 is 4.79 Å². The molecular formula is C17H26N2OS. The van der Waals surface area contributed by atoms with Gasteiger partial charge < -0.3 is 10.6 Å². The van der Waals surface area contributed by atoms with Crippen molar-refractivity contribution in [3.63, 3.8) is 0 Å². The third-order valence-electron chi connectivity index (χ3n) is 4.05. The molecule has 0 bridgehead atoms. The topological polar surface area (TPSA) is 41.1 Å². The summed E-state index contributed by atoms with van der Waals surface area (Å²) in [6.45, 7) is 3.10. The Morgan fingerprint density at radius 2 is 1.95 bits per heavy atom. The van der Waals surface area contributed by atoms with Crippen LogP contribution in [-0.2, 0) is 0 Å². The normalized spacial score (nSPS) is 21.8. The number of anilines is 1. The minimum absolute atomic E-state index is 0.0583. The second kappa shape index (κ2) is 8.32. The van der Waals surface area contributed by atoms with Crippen LogP contribution in [0.2, 0.25) is 0 Å². The lowest BCUT2D eigenvalue weighted by atomic mass is 9.94. The van der Waals surface area contributed by atoms with Crippen molar-refractivity contribution in [2.24, 2.45) is 0 Å². The number of nitrogens with one attached hydrogen (secondary N) is 2. The summed E-state index contributed by atoms with van der Waals surface area (Å²) in [5.41, 5.74) is 1.83. The van der Waals surface area contributed by atoms with Gasteiger partial charge in [-0.3, -0.25) is 4.79 Å². The quantitative estimate of drug-likeness (QED) is 0.837. The number of carbonyl (C=O) groups excluding carboxylic acids is 1. The van der Waals surface area contributed by atoms with Crippen molar-refractivity contribution in [3.8, 4) is 0 Å². The molecular weight excluding hydrogens is 280 g/mol. The first-order valence-electron chi connectivity index (χ1n) is 7.92. The monoisotopic (exact) mass is 306 g/mol. The summed E-state index contributed by atoms with van der Waals surface area (Å²) < 4.78 is 0. The zero-order chi connectivity index (χ0) is 15.1. The summed E-state index contributed by atoms with van der Waals surface area (Å²) in [5.74, 6) is 0.0583. The summed E-state index contributed by atoms with van der Waals surface area (Å²) in [7, 11) is 0. The van der Waals surface area contributed by atoms with E-state index in [9.17, 15) is 4.79 Å². The Labute approximate surface area is 132 Å². The Morgan fingerprint density at radius 3 is 2.62 bits per heavy atom. The van der Waals surface area contributed by atoms with Crippen LogP contribution in [0.15, 0.2) is 24.3 Å². The summed E-state index contributed by atoms with van der Waals surface area (Å²) in [6.07, 6.45) is 8.07. The largest absolute Gasteiger partial charge is 0.385 e. The van der Waals surface area contributed by atoms with Crippen molar-refractivity contribution in [2.75, 3.05) is 18.1 Å². The first-order chi connectivity index (χ1) is 10.2. The molecule has 2 rings (SSSR count). The average molecular weight is 306 g/mol. The Balaban J connectivity index is 1.93. The molecule has 2 N–H and O–H groups in total. The van der Waals surface area contributed by atoms with E-state index in [-0.39, 0.29) is 5.91 Å². The number of hydrogen-bond acceptors (Lipinski definition) is 3. The standard InChI is InChI=1S/C17H26N2OS/c1-3-12-18-14-10-8-13(9-11-14)17(20)19-15-6-4-5-7-16(15)21-2/h8-11,15-16,18H,3-7,12H2,1-2H3,(H,19,20). The minimum atomic E-state index is 0.0583. The van der Waals surface area contributed by atoms with E-state index in [1.807, 2.05) is 36.0 Å². The van der Waals surface area contributed by atoms with Crippen molar-refractivity contribution in [3.05, 3.63) is 29.8 Å². The minimum Gasteiger partial charge on any atom is -0.385 e. The van der Waals surface area contributed by atoms with Gasteiger partial charge in [0.1, 0.15) is 0 Å². The molecule has 3 nitrogen and oxygen atoms in total. The number of carbonyl (C=O) groups is 1. The SMILES string of the molecule is CCCNc1ccc(C(=O)NC2CCCCC2SC)cc1. The van der Waals surface area contributed by atoms with E-state index in [2.05, 4.69) is 23.8 Å². The smallest absolute Gasteiger partial charge is 0.251 e. The first kappa shape index (κ1) is 16.2. The Bertz CT molecular complexity index is 447. The fraction of sp³-hybridized carbons (Fsp3) is 0.588. The van der Waals surface area contributed by atoms with Crippen LogP contribution in [-0.4, -0.2) is 30.0 Å². The van der Waals surface area contributed by atoms with Gasteiger partial charge in [0.15, 0.2) is 0 Å². The van der Waals surface area contributed by atoms with Crippen LogP contribution in [0, 0.1) is 0 Å². The molecule has 1 aliphatic rings. The van der Waals surface area contributed by atoms with E-state index >= 15 is 0 Å². The lowest BCUT2D eigenvalue weighted by molar-refractivity contribution is 0.0929. The summed E-state index contributed by atoms with van der Waals surface area (Å²) in [5, 5.41) is 7.10. The predicted molar refractivity (Wildman–Crippen MR) is 92.2 cm³/mol. The molecule has 0 aromatic heterocycles. The fourth-order valence-corrected chi connectivity index (χ4v) is 3.74. The first-order valence-corrected chi connectivity index (χ1v) is 9.21. The van der Waals surface area contributed by atoms with Gasteiger partial charge in [0.05, 0.1) is 0 Å². The number of rotatable bonds is 6. The second-order valence-electron chi connectivity index (χ2n) is 5.64. The molecule has 0 aliphatic heterocycles. The van der Waals surface area contributed by atoms with Crippen molar-refractivity contribution >= 4 is 23.4 Å². The maximum Gasteiger partial charge on any atom is 0.251 e. The summed E-state index contributed by atoms with van der Waals surface area (Å²) >= 11 is 1.88. The van der Waals surface area contributed by atoms with Gasteiger partial charge in [-0.05, 0) is 49.8 Å². The van der Waals surface area contributed by atoms with Crippen LogP contribution in [0.3, 0.4) is 0 Å². The van der Waals surface area contributed by atoms with Gasteiger partial charge >= 0.3 is 0 Å². The molecule has 4 heteroatoms. The number of thioether (sulfide) groups is 1. The van der Waals surface area contributed by atoms with Crippen molar-refractivity contribution in [2.45, 2.75) is 50.3 Å². The molecule has 2 unspecified atom stereocenters. The van der Waals surface area contributed by atoms with Gasteiger partial charge in [-0.1, -0.05) is 19.8 Å². The highest BCUT2D eigenvalue weighted by atomic mass is 32.2. The Kier molecular flexibility index (Phi) is 6.43. The molecule has 0 saturated heterocycles. The van der Waals surface area contributed by atoms with Gasteiger partial charge in [-0.15, -0.1) is 0 Å². The van der Waals surface area contributed by atoms with Crippen molar-refractivity contribution in [1.82, 2.24) is 5.32 Å². The third kappa shape index (κ3) is 4.67. The van der Waals surface area contributed by atoms with Crippen LogP contribution in [0.4, 0.5) is 5.69 Å². The van der Waals surface area contributed by atoms with Gasteiger partial charge in [0.2, 0.25) is 0 Å². The molecule has 21 heavy (non-hydrogen) atoms. The molecule has 1 aromatic rings. The van der Waals surface area contributed by atoms with Crippen LogP contribution in [0.25, 0.3) is 0 Å². The lowest BCUT2D eigenvalue weighted by Crippen LogP contribution is -2.43. The fourth-order valence-electron chi connectivity index (χ4n) is 2.80. The van der Waals surface area contributed by atoms with Gasteiger partial charge in [-0.25, -0.2) is 0 Å². The molecule has 0 heterocycles. The van der Waals surface area contributed by atoms with E-state index in [4.69, 9.17) is 0 Å². The molecule has 1 amide bonds. The van der Waals surface area contributed by atoms with E-state index in [1.54, 1.807) is 0 Å². The number of hydrogen-bond donors (Lipinski definition) is 2. The van der Waals surface area contributed by atoms with Crippen LogP contribution < -0.4 is 10.6 Å². The van der Waals surface area contributed by atoms with E-state index in [0.717, 1.165) is 30.6 Å². The summed E-state index contributed by atoms with van der Waals surface area (Å²) in [6, 6.07) is 8.10. The van der Waals surface area contributed by atoms with Crippen LogP contribution in [0.1, 0.15) is 49.4 Å². The maximum atomic E-state index is 12.4. The molecule has 1 aliphatic carbocycles. The molecule has 116 valence electrons. The Hall–Kier alpha value is -1.16. The molecule has 1 fully saturated rings. The number of benzene rings is 1. The van der Waals surface area contributed by atoms with Gasteiger partial charge in [0, 0.05) is 29.1 Å². The zero-order valence-electron chi connectivity index (χ0n) is 13.0. The number of amides is 1.